The number of rotatable bonds is 9. The molecule has 0 aliphatic heterocycles. The highest BCUT2D eigenvalue weighted by molar-refractivity contribution is 7.92. The zero-order valence-electron chi connectivity index (χ0n) is 13.9. The second-order valence-corrected chi connectivity index (χ2v) is 8.30. The molecule has 1 aromatic carbocycles. The predicted octanol–water partition coefficient (Wildman–Crippen LogP) is 2.69. The third kappa shape index (κ3) is 7.70. The molecule has 0 aliphatic carbocycles. The summed E-state index contributed by atoms with van der Waals surface area (Å²) in [7, 11) is -3.66. The zero-order chi connectivity index (χ0) is 18.3. The van der Waals surface area contributed by atoms with Crippen LogP contribution in [0.15, 0.2) is 18.2 Å². The summed E-state index contributed by atoms with van der Waals surface area (Å²) >= 11 is 11.8. The van der Waals surface area contributed by atoms with E-state index < -0.39 is 15.9 Å². The van der Waals surface area contributed by atoms with Gasteiger partial charge in [-0.2, -0.15) is 0 Å². The maximum absolute atomic E-state index is 12.0. The molecule has 0 aliphatic rings. The summed E-state index contributed by atoms with van der Waals surface area (Å²) in [5.74, 6) is -0.416. The normalized spacial score (nSPS) is 11.6. The lowest BCUT2D eigenvalue weighted by Crippen LogP contribution is -2.40. The number of carbonyl (C=O) groups excluding carboxylic acids is 1. The quantitative estimate of drug-likeness (QED) is 0.650. The average Bonchev–Trinajstić information content (AvgIpc) is 2.41. The van der Waals surface area contributed by atoms with Gasteiger partial charge in [-0.3, -0.25) is 9.10 Å². The van der Waals surface area contributed by atoms with Gasteiger partial charge >= 0.3 is 0 Å². The highest BCUT2D eigenvalue weighted by Crippen LogP contribution is 2.26. The number of carbonyl (C=O) groups is 1. The van der Waals surface area contributed by atoms with Gasteiger partial charge in [0.2, 0.25) is 15.9 Å². The molecule has 0 fully saturated rings. The second-order valence-electron chi connectivity index (χ2n) is 5.52. The minimum Gasteiger partial charge on any atom is -0.379 e. The Bertz CT molecular complexity index is 645. The van der Waals surface area contributed by atoms with Gasteiger partial charge in [0.15, 0.2) is 0 Å². The molecule has 1 amide bonds. The van der Waals surface area contributed by atoms with Gasteiger partial charge in [-0.1, -0.05) is 23.2 Å². The van der Waals surface area contributed by atoms with Gasteiger partial charge in [-0.25, -0.2) is 8.42 Å². The highest BCUT2D eigenvalue weighted by Gasteiger charge is 2.21. The van der Waals surface area contributed by atoms with Crippen molar-refractivity contribution in [2.75, 3.05) is 30.3 Å². The third-order valence-corrected chi connectivity index (χ3v) is 4.49. The minimum atomic E-state index is -3.66. The smallest absolute Gasteiger partial charge is 0.240 e. The van der Waals surface area contributed by atoms with Crippen LogP contribution >= 0.6 is 23.2 Å². The van der Waals surface area contributed by atoms with E-state index in [1.807, 2.05) is 13.8 Å². The van der Waals surface area contributed by atoms with E-state index in [2.05, 4.69) is 5.32 Å². The topological polar surface area (TPSA) is 75.7 Å². The van der Waals surface area contributed by atoms with Crippen molar-refractivity contribution < 1.29 is 17.9 Å². The molecular formula is C15H22Cl2N2O4S. The van der Waals surface area contributed by atoms with Crippen LogP contribution in [0.1, 0.15) is 20.3 Å². The number of nitrogens with one attached hydrogen (secondary N) is 1. The number of ether oxygens (including phenoxy) is 1. The molecule has 0 radical (unpaired) electrons. The number of anilines is 1. The lowest BCUT2D eigenvalue weighted by atomic mass is 10.3. The van der Waals surface area contributed by atoms with Crippen molar-refractivity contribution in [3.63, 3.8) is 0 Å². The van der Waals surface area contributed by atoms with Crippen LogP contribution in [0.5, 0.6) is 0 Å². The van der Waals surface area contributed by atoms with Crippen LogP contribution in [0.2, 0.25) is 10.0 Å². The van der Waals surface area contributed by atoms with Crippen LogP contribution in [0.25, 0.3) is 0 Å². The van der Waals surface area contributed by atoms with E-state index in [0.717, 1.165) is 10.6 Å². The number of hydrogen-bond donors (Lipinski definition) is 1. The molecule has 0 bridgehead atoms. The summed E-state index contributed by atoms with van der Waals surface area (Å²) in [6.45, 7) is 4.44. The molecule has 0 heterocycles. The first kappa shape index (κ1) is 21.0. The molecule has 0 unspecified atom stereocenters. The fourth-order valence-corrected chi connectivity index (χ4v) is 3.24. The Hall–Kier alpha value is -1.02. The van der Waals surface area contributed by atoms with Crippen molar-refractivity contribution in [3.05, 3.63) is 28.2 Å². The maximum Gasteiger partial charge on any atom is 0.240 e. The van der Waals surface area contributed by atoms with Gasteiger partial charge in [-0.15, -0.1) is 0 Å². The average molecular weight is 397 g/mol. The van der Waals surface area contributed by atoms with Crippen molar-refractivity contribution >= 4 is 44.8 Å². The molecule has 6 nitrogen and oxygen atoms in total. The molecule has 0 saturated heterocycles. The highest BCUT2D eigenvalue weighted by atomic mass is 35.5. The molecule has 1 rings (SSSR count). The number of hydrogen-bond acceptors (Lipinski definition) is 4. The molecule has 9 heteroatoms. The molecule has 0 atom stereocenters. The first-order chi connectivity index (χ1) is 11.1. The van der Waals surface area contributed by atoms with E-state index in [0.29, 0.717) is 19.6 Å². The summed E-state index contributed by atoms with van der Waals surface area (Å²) < 4.78 is 30.3. The summed E-state index contributed by atoms with van der Waals surface area (Å²) in [5.41, 5.74) is 0.244. The summed E-state index contributed by atoms with van der Waals surface area (Å²) in [5, 5.41) is 3.25. The number of amides is 1. The second kappa shape index (κ2) is 9.46. The maximum atomic E-state index is 12.0. The van der Waals surface area contributed by atoms with Crippen LogP contribution in [-0.4, -0.2) is 46.4 Å². The molecule has 1 aromatic rings. The van der Waals surface area contributed by atoms with Crippen LogP contribution in [0.3, 0.4) is 0 Å². The Morgan fingerprint density at radius 1 is 1.25 bits per heavy atom. The Morgan fingerprint density at radius 2 is 1.83 bits per heavy atom. The van der Waals surface area contributed by atoms with E-state index in [-0.39, 0.29) is 28.4 Å². The van der Waals surface area contributed by atoms with E-state index in [1.165, 1.54) is 18.2 Å². The SMILES string of the molecule is CC(C)OCCCNC(=O)CN(c1cc(Cl)cc(Cl)c1)S(C)(=O)=O. The van der Waals surface area contributed by atoms with Crippen molar-refractivity contribution in [1.82, 2.24) is 5.32 Å². The van der Waals surface area contributed by atoms with Crippen LogP contribution in [-0.2, 0) is 19.6 Å². The molecule has 136 valence electrons. The Kier molecular flexibility index (Phi) is 8.29. The van der Waals surface area contributed by atoms with Gasteiger partial charge in [0.05, 0.1) is 18.0 Å². The molecule has 24 heavy (non-hydrogen) atoms. The Balaban J connectivity index is 2.69. The number of halogens is 2. The number of benzene rings is 1. The van der Waals surface area contributed by atoms with Crippen molar-refractivity contribution in [1.29, 1.82) is 0 Å². The first-order valence-electron chi connectivity index (χ1n) is 7.41. The molecule has 1 N–H and O–H groups in total. The van der Waals surface area contributed by atoms with E-state index in [9.17, 15) is 13.2 Å². The molecule has 0 spiro atoms. The summed E-state index contributed by atoms with van der Waals surface area (Å²) in [6.07, 6.45) is 1.80. The molecule has 0 aromatic heterocycles. The third-order valence-electron chi connectivity index (χ3n) is 2.92. The van der Waals surface area contributed by atoms with Gasteiger partial charge in [0, 0.05) is 23.2 Å². The van der Waals surface area contributed by atoms with E-state index in [4.69, 9.17) is 27.9 Å². The van der Waals surface area contributed by atoms with Crippen LogP contribution in [0, 0.1) is 0 Å². The largest absolute Gasteiger partial charge is 0.379 e. The van der Waals surface area contributed by atoms with Crippen molar-refractivity contribution in [2.24, 2.45) is 0 Å². The number of nitrogens with zero attached hydrogens (tertiary/aromatic N) is 1. The lowest BCUT2D eigenvalue weighted by molar-refractivity contribution is -0.119. The van der Waals surface area contributed by atoms with Crippen LogP contribution in [0.4, 0.5) is 5.69 Å². The van der Waals surface area contributed by atoms with Gasteiger partial charge in [0.25, 0.3) is 0 Å². The van der Waals surface area contributed by atoms with E-state index in [1.54, 1.807) is 0 Å². The molecule has 0 saturated carbocycles. The Morgan fingerprint density at radius 3 is 2.33 bits per heavy atom. The van der Waals surface area contributed by atoms with Gasteiger partial charge in [-0.05, 0) is 38.5 Å². The summed E-state index contributed by atoms with van der Waals surface area (Å²) in [4.78, 5) is 12.0. The number of sulfonamides is 1. The van der Waals surface area contributed by atoms with Gasteiger partial charge in [0.1, 0.15) is 6.54 Å². The van der Waals surface area contributed by atoms with Gasteiger partial charge < -0.3 is 10.1 Å². The van der Waals surface area contributed by atoms with Crippen LogP contribution < -0.4 is 9.62 Å². The Labute approximate surface area is 153 Å². The first-order valence-corrected chi connectivity index (χ1v) is 10.0. The fraction of sp³-hybridized carbons (Fsp3) is 0.533. The van der Waals surface area contributed by atoms with Crippen molar-refractivity contribution in [2.45, 2.75) is 26.4 Å². The summed E-state index contributed by atoms with van der Waals surface area (Å²) in [6, 6.07) is 4.37. The minimum absolute atomic E-state index is 0.133. The zero-order valence-corrected chi connectivity index (χ0v) is 16.2. The standard InChI is InChI=1S/C15H22Cl2N2O4S/c1-11(2)23-6-4-5-18-15(20)10-19(24(3,21)22)14-8-12(16)7-13(17)9-14/h7-9,11H,4-6,10H2,1-3H3,(H,18,20). The molecular weight excluding hydrogens is 375 g/mol. The predicted molar refractivity (Wildman–Crippen MR) is 97.4 cm³/mol. The van der Waals surface area contributed by atoms with Crippen molar-refractivity contribution in [3.8, 4) is 0 Å². The lowest BCUT2D eigenvalue weighted by Gasteiger charge is -2.22. The monoisotopic (exact) mass is 396 g/mol. The van der Waals surface area contributed by atoms with E-state index >= 15 is 0 Å². The fourth-order valence-electron chi connectivity index (χ4n) is 1.89.